The van der Waals surface area contributed by atoms with Crippen molar-refractivity contribution in [3.05, 3.63) is 58.9 Å². The summed E-state index contributed by atoms with van der Waals surface area (Å²) >= 11 is 7.15. The van der Waals surface area contributed by atoms with E-state index in [1.165, 1.54) is 30.0 Å². The molecule has 2 aromatic rings. The Kier molecular flexibility index (Phi) is 5.07. The number of aliphatic imine (C=N–C) groups is 1. The summed E-state index contributed by atoms with van der Waals surface area (Å²) in [6.45, 7) is 0. The molecule has 0 radical (unpaired) electrons. The number of sulfone groups is 1. The van der Waals surface area contributed by atoms with Gasteiger partial charge < -0.3 is 10.6 Å². The number of hydrogen-bond acceptors (Lipinski definition) is 6. The fourth-order valence-electron chi connectivity index (χ4n) is 3.02. The molecule has 10 heteroatoms. The van der Waals surface area contributed by atoms with Crippen LogP contribution in [0.2, 0.25) is 5.02 Å². The molecule has 1 saturated heterocycles. The predicted octanol–water partition coefficient (Wildman–Crippen LogP) is 3.41. The van der Waals surface area contributed by atoms with E-state index in [-0.39, 0.29) is 33.7 Å². The van der Waals surface area contributed by atoms with E-state index in [0.29, 0.717) is 16.4 Å². The Morgan fingerprint density at radius 3 is 2.54 bits per heavy atom. The first-order valence-corrected chi connectivity index (χ1v) is 11.5. The molecule has 4 rings (SSSR count). The first kappa shape index (κ1) is 19.2. The van der Waals surface area contributed by atoms with Gasteiger partial charge in [0.25, 0.3) is 5.91 Å². The minimum atomic E-state index is -2.98. The first-order chi connectivity index (χ1) is 13.3. The Bertz CT molecular complexity index is 1070. The molecule has 0 unspecified atom stereocenters. The molecule has 2 atom stereocenters. The molecule has 146 valence electrons. The van der Waals surface area contributed by atoms with Crippen LogP contribution in [0.1, 0.15) is 10.4 Å². The van der Waals surface area contributed by atoms with Crippen molar-refractivity contribution in [2.75, 3.05) is 22.1 Å². The van der Waals surface area contributed by atoms with E-state index in [0.717, 1.165) is 5.69 Å². The van der Waals surface area contributed by atoms with Gasteiger partial charge in [0.2, 0.25) is 0 Å². The second kappa shape index (κ2) is 7.38. The Morgan fingerprint density at radius 1 is 1.14 bits per heavy atom. The Labute approximate surface area is 170 Å². The summed E-state index contributed by atoms with van der Waals surface area (Å²) in [6.07, 6.45) is 0. The number of fused-ring (bicyclic) bond motifs is 1. The second-order valence-electron chi connectivity index (χ2n) is 6.52. The molecule has 2 aliphatic rings. The Morgan fingerprint density at radius 2 is 1.86 bits per heavy atom. The molecule has 2 aliphatic heterocycles. The van der Waals surface area contributed by atoms with Crippen molar-refractivity contribution in [1.29, 1.82) is 0 Å². The maximum atomic E-state index is 13.2. The number of nitrogens with zero attached hydrogens (tertiary/aromatic N) is 1. The van der Waals surface area contributed by atoms with Crippen molar-refractivity contribution in [3.8, 4) is 0 Å². The summed E-state index contributed by atoms with van der Waals surface area (Å²) in [5.41, 5.74) is 1.57. The summed E-state index contributed by atoms with van der Waals surface area (Å²) in [7, 11) is -2.98. The number of thioether (sulfide) groups is 1. The van der Waals surface area contributed by atoms with E-state index in [9.17, 15) is 17.6 Å². The number of amidine groups is 1. The molecule has 0 bridgehead atoms. The van der Waals surface area contributed by atoms with Gasteiger partial charge >= 0.3 is 0 Å². The van der Waals surface area contributed by atoms with Gasteiger partial charge in [0.1, 0.15) is 5.82 Å². The number of nitrogens with one attached hydrogen (secondary N) is 2. The highest BCUT2D eigenvalue weighted by atomic mass is 35.5. The van der Waals surface area contributed by atoms with E-state index in [2.05, 4.69) is 15.6 Å². The zero-order valence-electron chi connectivity index (χ0n) is 14.4. The van der Waals surface area contributed by atoms with Crippen LogP contribution in [0.15, 0.2) is 47.5 Å². The molecule has 0 aromatic heterocycles. The summed E-state index contributed by atoms with van der Waals surface area (Å²) in [5.74, 6) is -0.641. The minimum absolute atomic E-state index is 0.0277. The van der Waals surface area contributed by atoms with Crippen LogP contribution in [0.4, 0.5) is 15.8 Å². The molecule has 0 saturated carbocycles. The van der Waals surface area contributed by atoms with Gasteiger partial charge in [0.15, 0.2) is 15.0 Å². The van der Waals surface area contributed by atoms with Gasteiger partial charge in [-0.1, -0.05) is 23.4 Å². The molecule has 6 nitrogen and oxygen atoms in total. The molecular formula is C18H15ClFN3O3S2. The fraction of sp³-hybridized carbons (Fsp3) is 0.222. The fourth-order valence-corrected chi connectivity index (χ4v) is 6.88. The molecule has 0 aliphatic carbocycles. The van der Waals surface area contributed by atoms with E-state index in [1.54, 1.807) is 24.3 Å². The van der Waals surface area contributed by atoms with Crippen molar-refractivity contribution in [1.82, 2.24) is 0 Å². The number of benzene rings is 2. The van der Waals surface area contributed by atoms with Crippen LogP contribution < -0.4 is 10.6 Å². The highest BCUT2D eigenvalue weighted by molar-refractivity contribution is 8.15. The van der Waals surface area contributed by atoms with Crippen molar-refractivity contribution in [2.45, 2.75) is 11.3 Å². The normalized spacial score (nSPS) is 22.4. The van der Waals surface area contributed by atoms with Crippen LogP contribution in [0.3, 0.4) is 0 Å². The highest BCUT2D eigenvalue weighted by Gasteiger charge is 2.42. The van der Waals surface area contributed by atoms with Crippen molar-refractivity contribution in [2.24, 2.45) is 4.99 Å². The summed E-state index contributed by atoms with van der Waals surface area (Å²) in [6, 6.07) is 10.5. The van der Waals surface area contributed by atoms with E-state index in [1.807, 2.05) is 0 Å². The van der Waals surface area contributed by atoms with Crippen LogP contribution in [-0.4, -0.2) is 42.3 Å². The number of amides is 1. The van der Waals surface area contributed by atoms with E-state index >= 15 is 0 Å². The van der Waals surface area contributed by atoms with Gasteiger partial charge in [0.05, 0.1) is 22.6 Å². The summed E-state index contributed by atoms with van der Waals surface area (Å²) < 4.78 is 36.4. The molecule has 2 aromatic carbocycles. The predicted molar refractivity (Wildman–Crippen MR) is 111 cm³/mol. The van der Waals surface area contributed by atoms with Gasteiger partial charge in [-0.2, -0.15) is 0 Å². The van der Waals surface area contributed by atoms with Gasteiger partial charge in [0, 0.05) is 22.2 Å². The number of carbonyl (C=O) groups is 1. The van der Waals surface area contributed by atoms with Crippen LogP contribution in [0.5, 0.6) is 0 Å². The van der Waals surface area contributed by atoms with Crippen LogP contribution in [0.25, 0.3) is 0 Å². The number of anilines is 2. The van der Waals surface area contributed by atoms with E-state index < -0.39 is 15.7 Å². The standard InChI is InChI=1S/C18H15ClFN3O3S2/c19-13-7-12(5-6-14(13)20)21-17(24)10-1-3-11(4-2-10)22-18-23-15-8-28(25,26)9-16(15)27-18/h1-7,15-16H,8-9H2,(H,21,24)(H,22,23)/t15-,16+/m1/s1. The van der Waals surface area contributed by atoms with Crippen LogP contribution in [0, 0.1) is 5.82 Å². The molecule has 2 heterocycles. The largest absolute Gasteiger partial charge is 0.335 e. The SMILES string of the molecule is O=C(Nc1ccc(F)c(Cl)c1)c1ccc(NC2=N[C@@H]3CS(=O)(=O)C[C@@H]3S2)cc1. The van der Waals surface area contributed by atoms with Gasteiger partial charge in [-0.15, -0.1) is 0 Å². The molecule has 1 fully saturated rings. The maximum Gasteiger partial charge on any atom is 0.255 e. The van der Waals surface area contributed by atoms with Gasteiger partial charge in [-0.25, -0.2) is 12.8 Å². The van der Waals surface area contributed by atoms with E-state index in [4.69, 9.17) is 11.6 Å². The summed E-state index contributed by atoms with van der Waals surface area (Å²) in [4.78, 5) is 16.7. The molecular weight excluding hydrogens is 425 g/mol. The lowest BCUT2D eigenvalue weighted by atomic mass is 10.2. The van der Waals surface area contributed by atoms with Crippen LogP contribution in [-0.2, 0) is 9.84 Å². The Balaban J connectivity index is 1.39. The topological polar surface area (TPSA) is 87.6 Å². The summed E-state index contributed by atoms with van der Waals surface area (Å²) in [5, 5.41) is 6.40. The molecule has 1 amide bonds. The van der Waals surface area contributed by atoms with Crippen molar-refractivity contribution >= 4 is 55.6 Å². The first-order valence-electron chi connectivity index (χ1n) is 8.37. The Hall–Kier alpha value is -2.10. The average Bonchev–Trinajstić information content (AvgIpc) is 3.11. The maximum absolute atomic E-state index is 13.2. The lowest BCUT2D eigenvalue weighted by Gasteiger charge is -2.09. The lowest BCUT2D eigenvalue weighted by molar-refractivity contribution is 0.102. The van der Waals surface area contributed by atoms with Crippen molar-refractivity contribution < 1.29 is 17.6 Å². The van der Waals surface area contributed by atoms with Gasteiger partial charge in [-0.3, -0.25) is 9.79 Å². The third kappa shape index (κ3) is 4.16. The quantitative estimate of drug-likeness (QED) is 0.765. The average molecular weight is 440 g/mol. The zero-order chi connectivity index (χ0) is 19.9. The monoisotopic (exact) mass is 439 g/mol. The minimum Gasteiger partial charge on any atom is -0.335 e. The smallest absolute Gasteiger partial charge is 0.255 e. The molecule has 2 N–H and O–H groups in total. The molecule has 28 heavy (non-hydrogen) atoms. The third-order valence-electron chi connectivity index (χ3n) is 4.39. The van der Waals surface area contributed by atoms with Crippen LogP contribution >= 0.6 is 23.4 Å². The number of hydrogen-bond donors (Lipinski definition) is 2. The number of halogens is 2. The number of carbonyl (C=O) groups excluding carboxylic acids is 1. The number of rotatable bonds is 3. The second-order valence-corrected chi connectivity index (χ2v) is 10.3. The third-order valence-corrected chi connectivity index (χ3v) is 7.83. The highest BCUT2D eigenvalue weighted by Crippen LogP contribution is 2.34. The zero-order valence-corrected chi connectivity index (χ0v) is 16.7. The van der Waals surface area contributed by atoms with Gasteiger partial charge in [-0.05, 0) is 42.5 Å². The molecule has 0 spiro atoms. The lowest BCUT2D eigenvalue weighted by Crippen LogP contribution is -2.13. The van der Waals surface area contributed by atoms with Crippen molar-refractivity contribution in [3.63, 3.8) is 0 Å².